The number of nitrogens with two attached hydrogens (primary N) is 1. The first kappa shape index (κ1) is 14.7. The summed E-state index contributed by atoms with van der Waals surface area (Å²) in [5.74, 6) is 0.697. The lowest BCUT2D eigenvalue weighted by molar-refractivity contribution is -0.112. The Morgan fingerprint density at radius 3 is 2.05 bits per heavy atom. The zero-order valence-corrected chi connectivity index (χ0v) is 12.0. The van der Waals surface area contributed by atoms with Gasteiger partial charge in [-0.3, -0.25) is 4.79 Å². The van der Waals surface area contributed by atoms with E-state index in [1.165, 1.54) is 0 Å². The molecule has 0 heterocycles. The van der Waals surface area contributed by atoms with Crippen LogP contribution in [0.5, 0.6) is 11.5 Å². The van der Waals surface area contributed by atoms with Gasteiger partial charge < -0.3 is 15.2 Å². The van der Waals surface area contributed by atoms with E-state index in [1.54, 1.807) is 38.5 Å². The molecule has 0 unspecified atom stereocenters. The van der Waals surface area contributed by atoms with Crippen molar-refractivity contribution in [2.45, 2.75) is 0 Å². The van der Waals surface area contributed by atoms with Crippen molar-refractivity contribution in [1.29, 1.82) is 0 Å². The largest absolute Gasteiger partial charge is 0.497 e. The first-order valence-corrected chi connectivity index (χ1v) is 6.44. The quantitative estimate of drug-likeness (QED) is 0.678. The Labute approximate surface area is 123 Å². The molecule has 2 rings (SSSR count). The van der Waals surface area contributed by atoms with Crippen LogP contribution in [0, 0.1) is 0 Å². The second-order valence-corrected chi connectivity index (χ2v) is 4.43. The highest BCUT2D eigenvalue weighted by Crippen LogP contribution is 2.28. The van der Waals surface area contributed by atoms with Gasteiger partial charge in [0.15, 0.2) is 0 Å². The number of carbonyl (C=O) groups excluding carboxylic acids is 1. The number of ether oxygens (including phenoxy) is 2. The maximum Gasteiger partial charge on any atom is 0.249 e. The van der Waals surface area contributed by atoms with Crippen molar-refractivity contribution in [2.75, 3.05) is 14.2 Å². The first-order valence-electron chi connectivity index (χ1n) is 6.44. The minimum absolute atomic E-state index is 0.401. The van der Waals surface area contributed by atoms with Gasteiger partial charge in [-0.05, 0) is 29.3 Å². The summed E-state index contributed by atoms with van der Waals surface area (Å²) < 4.78 is 10.4. The molecule has 0 radical (unpaired) electrons. The van der Waals surface area contributed by atoms with Gasteiger partial charge in [-0.15, -0.1) is 0 Å². The van der Waals surface area contributed by atoms with Crippen LogP contribution in [0.2, 0.25) is 0 Å². The van der Waals surface area contributed by atoms with E-state index in [1.807, 2.05) is 30.3 Å². The van der Waals surface area contributed by atoms with Crippen LogP contribution >= 0.6 is 0 Å². The molecule has 0 aromatic heterocycles. The van der Waals surface area contributed by atoms with Crippen LogP contribution in [0.25, 0.3) is 11.6 Å². The van der Waals surface area contributed by atoms with E-state index in [4.69, 9.17) is 15.2 Å². The summed E-state index contributed by atoms with van der Waals surface area (Å²) >= 11 is 0. The molecule has 1 amide bonds. The molecule has 0 spiro atoms. The highest BCUT2D eigenvalue weighted by molar-refractivity contribution is 6.23. The average molecular weight is 283 g/mol. The fourth-order valence-electron chi connectivity index (χ4n) is 1.98. The van der Waals surface area contributed by atoms with Gasteiger partial charge in [0.25, 0.3) is 0 Å². The van der Waals surface area contributed by atoms with E-state index in [-0.39, 0.29) is 0 Å². The standard InChI is InChI=1S/C17H17NO3/c1-20-14-9-13(10-15(11-14)21-2)16(17(18)19)8-12-6-4-3-5-7-12/h3-11H,1-2H3,(H2,18,19)/b16-8+. The van der Waals surface area contributed by atoms with Gasteiger partial charge in [0.1, 0.15) is 11.5 Å². The molecule has 0 aliphatic rings. The van der Waals surface area contributed by atoms with Gasteiger partial charge in [0, 0.05) is 11.6 Å². The Bertz CT molecular complexity index is 641. The van der Waals surface area contributed by atoms with Crippen LogP contribution in [-0.4, -0.2) is 20.1 Å². The number of benzene rings is 2. The Hall–Kier alpha value is -2.75. The van der Waals surface area contributed by atoms with E-state index in [0.29, 0.717) is 22.6 Å². The van der Waals surface area contributed by atoms with Crippen LogP contribution in [0.1, 0.15) is 11.1 Å². The normalized spacial score (nSPS) is 11.0. The maximum absolute atomic E-state index is 11.8. The first-order chi connectivity index (χ1) is 10.1. The molecule has 0 aliphatic carbocycles. The SMILES string of the molecule is COc1cc(OC)cc(/C(=C\c2ccccc2)C(N)=O)c1. The number of carbonyl (C=O) groups is 1. The fourth-order valence-corrected chi connectivity index (χ4v) is 1.98. The van der Waals surface area contributed by atoms with E-state index < -0.39 is 5.91 Å². The molecule has 0 atom stereocenters. The second kappa shape index (κ2) is 6.61. The van der Waals surface area contributed by atoms with Crippen molar-refractivity contribution in [3.63, 3.8) is 0 Å². The van der Waals surface area contributed by atoms with E-state index in [9.17, 15) is 4.79 Å². The molecule has 0 aliphatic heterocycles. The topological polar surface area (TPSA) is 61.6 Å². The van der Waals surface area contributed by atoms with Crippen LogP contribution < -0.4 is 15.2 Å². The number of hydrogen-bond donors (Lipinski definition) is 1. The Morgan fingerprint density at radius 2 is 1.57 bits per heavy atom. The number of primary amides is 1. The van der Waals surface area contributed by atoms with Gasteiger partial charge in [0.2, 0.25) is 5.91 Å². The van der Waals surface area contributed by atoms with Gasteiger partial charge >= 0.3 is 0 Å². The van der Waals surface area contributed by atoms with E-state index in [0.717, 1.165) is 5.56 Å². The highest BCUT2D eigenvalue weighted by atomic mass is 16.5. The third-order valence-electron chi connectivity index (χ3n) is 3.04. The zero-order chi connectivity index (χ0) is 15.2. The van der Waals surface area contributed by atoms with Gasteiger partial charge in [-0.2, -0.15) is 0 Å². The molecule has 0 saturated carbocycles. The summed E-state index contributed by atoms with van der Waals surface area (Å²) in [6.45, 7) is 0. The minimum Gasteiger partial charge on any atom is -0.497 e. The minimum atomic E-state index is -0.505. The van der Waals surface area contributed by atoms with Crippen molar-refractivity contribution >= 4 is 17.6 Å². The summed E-state index contributed by atoms with van der Waals surface area (Å²) in [4.78, 5) is 11.8. The monoisotopic (exact) mass is 283 g/mol. The summed E-state index contributed by atoms with van der Waals surface area (Å²) in [7, 11) is 3.12. The number of hydrogen-bond acceptors (Lipinski definition) is 3. The van der Waals surface area contributed by atoms with Gasteiger partial charge in [-0.25, -0.2) is 0 Å². The Kier molecular flexibility index (Phi) is 4.61. The lowest BCUT2D eigenvalue weighted by Gasteiger charge is -2.10. The molecule has 0 saturated heterocycles. The number of rotatable bonds is 5. The Morgan fingerprint density at radius 1 is 1.00 bits per heavy atom. The Balaban J connectivity index is 2.53. The molecule has 2 aromatic carbocycles. The third-order valence-corrected chi connectivity index (χ3v) is 3.04. The van der Waals surface area contributed by atoms with Crippen molar-refractivity contribution in [1.82, 2.24) is 0 Å². The van der Waals surface area contributed by atoms with Crippen molar-refractivity contribution in [3.8, 4) is 11.5 Å². The lowest BCUT2D eigenvalue weighted by Crippen LogP contribution is -2.13. The van der Waals surface area contributed by atoms with Crippen LogP contribution in [-0.2, 0) is 4.79 Å². The maximum atomic E-state index is 11.8. The van der Waals surface area contributed by atoms with Crippen molar-refractivity contribution in [3.05, 3.63) is 59.7 Å². The summed E-state index contributed by atoms with van der Waals surface area (Å²) in [6.07, 6.45) is 1.75. The molecular weight excluding hydrogens is 266 g/mol. The van der Waals surface area contributed by atoms with Gasteiger partial charge in [-0.1, -0.05) is 30.3 Å². The molecule has 21 heavy (non-hydrogen) atoms. The highest BCUT2D eigenvalue weighted by Gasteiger charge is 2.11. The molecule has 2 aromatic rings. The molecular formula is C17H17NO3. The van der Waals surface area contributed by atoms with Crippen LogP contribution in [0.4, 0.5) is 0 Å². The summed E-state index contributed by atoms with van der Waals surface area (Å²) in [6, 6.07) is 14.8. The molecule has 4 heteroatoms. The second-order valence-electron chi connectivity index (χ2n) is 4.43. The summed E-state index contributed by atoms with van der Waals surface area (Å²) in [5, 5.41) is 0. The molecule has 108 valence electrons. The van der Waals surface area contributed by atoms with Crippen LogP contribution in [0.15, 0.2) is 48.5 Å². The van der Waals surface area contributed by atoms with Gasteiger partial charge in [0.05, 0.1) is 14.2 Å². The van der Waals surface area contributed by atoms with Crippen molar-refractivity contribution in [2.24, 2.45) is 5.73 Å². The smallest absolute Gasteiger partial charge is 0.249 e. The molecule has 2 N–H and O–H groups in total. The fraction of sp³-hybridized carbons (Fsp3) is 0.118. The van der Waals surface area contributed by atoms with Crippen molar-refractivity contribution < 1.29 is 14.3 Å². The van der Waals surface area contributed by atoms with Crippen LogP contribution in [0.3, 0.4) is 0 Å². The van der Waals surface area contributed by atoms with E-state index >= 15 is 0 Å². The summed E-state index contributed by atoms with van der Waals surface area (Å²) in [5.41, 5.74) is 7.46. The van der Waals surface area contributed by atoms with E-state index in [2.05, 4.69) is 0 Å². The third kappa shape index (κ3) is 3.63. The number of amides is 1. The predicted molar refractivity (Wildman–Crippen MR) is 83.1 cm³/mol. The predicted octanol–water partition coefficient (Wildman–Crippen LogP) is 2.73. The lowest BCUT2D eigenvalue weighted by atomic mass is 10.0. The molecule has 0 fully saturated rings. The zero-order valence-electron chi connectivity index (χ0n) is 12.0. The number of methoxy groups -OCH3 is 2. The average Bonchev–Trinajstić information content (AvgIpc) is 2.52. The molecule has 0 bridgehead atoms. The molecule has 4 nitrogen and oxygen atoms in total.